The maximum absolute atomic E-state index is 5.71. The highest BCUT2D eigenvalue weighted by Crippen LogP contribution is 2.24. The Bertz CT molecular complexity index is 678. The molecule has 2 heteroatoms. The van der Waals surface area contributed by atoms with Crippen molar-refractivity contribution in [2.24, 2.45) is 0 Å². The maximum atomic E-state index is 5.71. The van der Waals surface area contributed by atoms with E-state index in [1.165, 1.54) is 27.7 Å². The molecule has 0 atom stereocenters. The number of hydrogen-bond acceptors (Lipinski definition) is 1. The molecule has 0 aliphatic heterocycles. The van der Waals surface area contributed by atoms with E-state index in [-0.39, 0.29) is 0 Å². The number of aromatic amines is 1. The Labute approximate surface area is 120 Å². The number of nitrogens with two attached hydrogens (primary N) is 1. The van der Waals surface area contributed by atoms with Crippen LogP contribution in [0.3, 0.4) is 0 Å². The van der Waals surface area contributed by atoms with Gasteiger partial charge in [0.15, 0.2) is 0 Å². The third-order valence-electron chi connectivity index (χ3n) is 3.39. The van der Waals surface area contributed by atoms with Crippen molar-refractivity contribution in [2.45, 2.75) is 27.2 Å². The van der Waals surface area contributed by atoms with E-state index in [1.54, 1.807) is 0 Å². The molecule has 0 amide bonds. The molecule has 1 heterocycles. The Kier molecular flexibility index (Phi) is 4.46. The van der Waals surface area contributed by atoms with Crippen LogP contribution in [0.25, 0.3) is 10.9 Å². The Morgan fingerprint density at radius 3 is 2.30 bits per heavy atom. The molecule has 0 fully saturated rings. The zero-order valence-corrected chi connectivity index (χ0v) is 12.4. The molecular formula is C18H22N2. The molecular weight excluding hydrogens is 244 g/mol. The molecule has 20 heavy (non-hydrogen) atoms. The number of fused-ring (bicyclic) bond motifs is 1. The molecule has 0 saturated carbocycles. The highest BCUT2D eigenvalue weighted by molar-refractivity contribution is 5.84. The number of hydrogen-bond donors (Lipinski definition) is 2. The molecule has 0 aliphatic rings. The molecule has 104 valence electrons. The minimum absolute atomic E-state index is 0.814. The van der Waals surface area contributed by atoms with E-state index in [4.69, 9.17) is 5.73 Å². The topological polar surface area (TPSA) is 41.8 Å². The van der Waals surface area contributed by atoms with Gasteiger partial charge in [-0.3, -0.25) is 0 Å². The van der Waals surface area contributed by atoms with Crippen molar-refractivity contribution in [1.29, 1.82) is 0 Å². The van der Waals surface area contributed by atoms with Gasteiger partial charge in [0, 0.05) is 22.3 Å². The summed E-state index contributed by atoms with van der Waals surface area (Å²) in [6.45, 7) is 6.13. The van der Waals surface area contributed by atoms with E-state index < -0.39 is 0 Å². The summed E-state index contributed by atoms with van der Waals surface area (Å²) in [4.78, 5) is 3.43. The van der Waals surface area contributed by atoms with Gasteiger partial charge in [-0.05, 0) is 42.7 Å². The number of benzene rings is 2. The van der Waals surface area contributed by atoms with Crippen molar-refractivity contribution in [1.82, 2.24) is 4.98 Å². The quantitative estimate of drug-likeness (QED) is 0.650. The van der Waals surface area contributed by atoms with E-state index in [0.717, 1.165) is 12.1 Å². The van der Waals surface area contributed by atoms with Gasteiger partial charge in [0.05, 0.1) is 0 Å². The lowest BCUT2D eigenvalue weighted by atomic mass is 10.0. The SMILES string of the molecule is CC.Cc1[nH]c2ccccc2c1Cc1ccc(N)cc1. The minimum Gasteiger partial charge on any atom is -0.399 e. The first-order chi connectivity index (χ1) is 9.74. The summed E-state index contributed by atoms with van der Waals surface area (Å²) in [7, 11) is 0. The second kappa shape index (κ2) is 6.29. The molecule has 3 aromatic rings. The zero-order valence-electron chi connectivity index (χ0n) is 12.4. The van der Waals surface area contributed by atoms with Crippen molar-refractivity contribution in [3.05, 3.63) is 65.4 Å². The van der Waals surface area contributed by atoms with Crippen LogP contribution in [0.4, 0.5) is 5.69 Å². The summed E-state index contributed by atoms with van der Waals surface area (Å²) in [6.07, 6.45) is 0.941. The Morgan fingerprint density at radius 1 is 0.950 bits per heavy atom. The standard InChI is InChI=1S/C16H16N2.C2H6/c1-11-15(10-12-6-8-13(17)9-7-12)14-4-2-3-5-16(14)18-11;1-2/h2-9,18H,10,17H2,1H3;1-2H3. The lowest BCUT2D eigenvalue weighted by Crippen LogP contribution is -1.91. The van der Waals surface area contributed by atoms with Crippen molar-refractivity contribution in [3.8, 4) is 0 Å². The maximum Gasteiger partial charge on any atom is 0.0458 e. The van der Waals surface area contributed by atoms with Gasteiger partial charge >= 0.3 is 0 Å². The van der Waals surface area contributed by atoms with E-state index in [1.807, 2.05) is 26.0 Å². The van der Waals surface area contributed by atoms with Gasteiger partial charge in [-0.1, -0.05) is 44.2 Å². The third kappa shape index (κ3) is 2.85. The Morgan fingerprint density at radius 2 is 1.60 bits per heavy atom. The van der Waals surface area contributed by atoms with Gasteiger partial charge in [-0.2, -0.15) is 0 Å². The van der Waals surface area contributed by atoms with Gasteiger partial charge in [0.2, 0.25) is 0 Å². The average molecular weight is 266 g/mol. The van der Waals surface area contributed by atoms with Crippen LogP contribution in [-0.2, 0) is 6.42 Å². The number of aryl methyl sites for hydroxylation is 1. The first-order valence-electron chi connectivity index (χ1n) is 7.14. The molecule has 3 rings (SSSR count). The normalized spacial score (nSPS) is 10.2. The number of nitrogen functional groups attached to an aromatic ring is 1. The van der Waals surface area contributed by atoms with E-state index >= 15 is 0 Å². The molecule has 0 bridgehead atoms. The van der Waals surface area contributed by atoms with Gasteiger partial charge < -0.3 is 10.7 Å². The Balaban J connectivity index is 0.000000704. The number of rotatable bonds is 2. The Hall–Kier alpha value is -2.22. The summed E-state index contributed by atoms with van der Waals surface area (Å²) in [6, 6.07) is 16.5. The number of para-hydroxylation sites is 1. The van der Waals surface area contributed by atoms with E-state index in [9.17, 15) is 0 Å². The summed E-state index contributed by atoms with van der Waals surface area (Å²) in [5.74, 6) is 0. The fourth-order valence-corrected chi connectivity index (χ4v) is 2.40. The van der Waals surface area contributed by atoms with Crippen molar-refractivity contribution >= 4 is 16.6 Å². The van der Waals surface area contributed by atoms with Gasteiger partial charge in [-0.15, -0.1) is 0 Å². The van der Waals surface area contributed by atoms with Gasteiger partial charge in [-0.25, -0.2) is 0 Å². The molecule has 0 spiro atoms. The van der Waals surface area contributed by atoms with Gasteiger partial charge in [0.25, 0.3) is 0 Å². The van der Waals surface area contributed by atoms with Crippen LogP contribution < -0.4 is 5.73 Å². The molecule has 0 radical (unpaired) electrons. The average Bonchev–Trinajstić information content (AvgIpc) is 2.80. The molecule has 0 unspecified atom stereocenters. The summed E-state index contributed by atoms with van der Waals surface area (Å²) >= 11 is 0. The van der Waals surface area contributed by atoms with Crippen LogP contribution in [0, 0.1) is 6.92 Å². The first kappa shape index (κ1) is 14.2. The predicted octanol–water partition coefficient (Wildman–Crippen LogP) is 4.68. The molecule has 2 nitrogen and oxygen atoms in total. The monoisotopic (exact) mass is 266 g/mol. The largest absolute Gasteiger partial charge is 0.399 e. The summed E-state index contributed by atoms with van der Waals surface area (Å²) in [5.41, 5.74) is 11.6. The molecule has 3 N–H and O–H groups in total. The lowest BCUT2D eigenvalue weighted by Gasteiger charge is -2.03. The summed E-state index contributed by atoms with van der Waals surface area (Å²) in [5, 5.41) is 1.31. The van der Waals surface area contributed by atoms with E-state index in [0.29, 0.717) is 0 Å². The molecule has 0 aliphatic carbocycles. The molecule has 2 aromatic carbocycles. The lowest BCUT2D eigenvalue weighted by molar-refractivity contribution is 1.15. The second-order valence-corrected chi connectivity index (χ2v) is 4.69. The third-order valence-corrected chi connectivity index (χ3v) is 3.39. The van der Waals surface area contributed by atoms with E-state index in [2.05, 4.69) is 48.3 Å². The number of nitrogens with one attached hydrogen (secondary N) is 1. The van der Waals surface area contributed by atoms with Crippen molar-refractivity contribution in [3.63, 3.8) is 0 Å². The van der Waals surface area contributed by atoms with Crippen molar-refractivity contribution < 1.29 is 0 Å². The number of H-pyrrole nitrogens is 1. The zero-order chi connectivity index (χ0) is 14.5. The van der Waals surface area contributed by atoms with Crippen LogP contribution in [-0.4, -0.2) is 4.98 Å². The highest BCUT2D eigenvalue weighted by atomic mass is 14.7. The smallest absolute Gasteiger partial charge is 0.0458 e. The number of anilines is 1. The highest BCUT2D eigenvalue weighted by Gasteiger charge is 2.08. The molecule has 1 aromatic heterocycles. The fraction of sp³-hybridized carbons (Fsp3) is 0.222. The van der Waals surface area contributed by atoms with Crippen LogP contribution in [0.15, 0.2) is 48.5 Å². The first-order valence-corrected chi connectivity index (χ1v) is 7.14. The van der Waals surface area contributed by atoms with Crippen LogP contribution in [0.2, 0.25) is 0 Å². The fourth-order valence-electron chi connectivity index (χ4n) is 2.40. The molecule has 0 saturated heterocycles. The second-order valence-electron chi connectivity index (χ2n) is 4.69. The van der Waals surface area contributed by atoms with Crippen molar-refractivity contribution in [2.75, 3.05) is 5.73 Å². The minimum atomic E-state index is 0.814. The number of aromatic nitrogens is 1. The summed E-state index contributed by atoms with van der Waals surface area (Å²) < 4.78 is 0. The van der Waals surface area contributed by atoms with Gasteiger partial charge in [0.1, 0.15) is 0 Å². The van der Waals surface area contributed by atoms with Crippen LogP contribution in [0.5, 0.6) is 0 Å². The van der Waals surface area contributed by atoms with Crippen LogP contribution in [0.1, 0.15) is 30.7 Å². The van der Waals surface area contributed by atoms with Crippen LogP contribution >= 0.6 is 0 Å². The predicted molar refractivity (Wildman–Crippen MR) is 88.0 cm³/mol.